The molecule has 55 heavy (non-hydrogen) atoms. The number of hydrogen-bond acceptors (Lipinski definition) is 10. The summed E-state index contributed by atoms with van der Waals surface area (Å²) in [5, 5.41) is 14.7. The van der Waals surface area contributed by atoms with Gasteiger partial charge in [0.1, 0.15) is 5.60 Å². The highest BCUT2D eigenvalue weighted by Gasteiger charge is 2.38. The lowest BCUT2D eigenvalue weighted by molar-refractivity contribution is -0.127. The molecule has 1 aromatic heterocycles. The molecule has 308 valence electrons. The number of nitrogens with zero attached hydrogens (tertiary/aromatic N) is 1. The van der Waals surface area contributed by atoms with E-state index in [1.54, 1.807) is 18.5 Å². The van der Waals surface area contributed by atoms with Gasteiger partial charge < -0.3 is 45.5 Å². The van der Waals surface area contributed by atoms with Crippen molar-refractivity contribution in [1.82, 2.24) is 31.6 Å². The minimum atomic E-state index is -0.517. The molecule has 5 amide bonds. The summed E-state index contributed by atoms with van der Waals surface area (Å²) in [6, 6.07) is 3.39. The zero-order chi connectivity index (χ0) is 39.5. The molecule has 4 rings (SSSR count). The number of aromatic nitrogens is 1. The number of carbonyl (C=O) groups excluding carboxylic acids is 5. The first-order valence-corrected chi connectivity index (χ1v) is 20.3. The molecule has 0 radical (unpaired) electrons. The third-order valence-corrected chi connectivity index (χ3v) is 10.1. The highest BCUT2D eigenvalue weighted by Crippen LogP contribution is 2.30. The van der Waals surface area contributed by atoms with Crippen LogP contribution in [0.2, 0.25) is 0 Å². The Morgan fingerprint density at radius 3 is 2.11 bits per heavy atom. The van der Waals surface area contributed by atoms with Crippen molar-refractivity contribution in [3.05, 3.63) is 30.1 Å². The number of ether oxygens (including phenoxy) is 4. The fourth-order valence-corrected chi connectivity index (χ4v) is 7.26. The second-order valence-electron chi connectivity index (χ2n) is 15.8. The van der Waals surface area contributed by atoms with Crippen molar-refractivity contribution >= 4 is 29.7 Å². The molecule has 15 heteroatoms. The molecule has 3 aliphatic rings. The van der Waals surface area contributed by atoms with E-state index in [0.29, 0.717) is 65.3 Å². The molecule has 15 nitrogen and oxygen atoms in total. The molecule has 0 aromatic carbocycles. The summed E-state index contributed by atoms with van der Waals surface area (Å²) >= 11 is 0. The first-order valence-electron chi connectivity index (χ1n) is 20.3. The van der Waals surface area contributed by atoms with Crippen LogP contribution in [0.25, 0.3) is 0 Å². The Morgan fingerprint density at radius 1 is 0.800 bits per heavy atom. The fraction of sp³-hybridized carbons (Fsp3) is 0.750. The van der Waals surface area contributed by atoms with Gasteiger partial charge in [-0.25, -0.2) is 4.79 Å². The van der Waals surface area contributed by atoms with Crippen molar-refractivity contribution in [2.24, 2.45) is 11.8 Å². The molecule has 0 spiro atoms. The van der Waals surface area contributed by atoms with Gasteiger partial charge in [-0.3, -0.25) is 24.2 Å². The number of nitrogens with one attached hydrogen (secondary N) is 5. The van der Waals surface area contributed by atoms with Gasteiger partial charge in [0.15, 0.2) is 0 Å². The molecular weight excluding hydrogens is 708 g/mol. The molecule has 1 unspecified atom stereocenters. The predicted octanol–water partition coefficient (Wildman–Crippen LogP) is 3.61. The van der Waals surface area contributed by atoms with E-state index in [2.05, 4.69) is 31.6 Å². The van der Waals surface area contributed by atoms with Crippen LogP contribution in [-0.2, 0) is 38.1 Å². The van der Waals surface area contributed by atoms with Gasteiger partial charge in [0.05, 0.1) is 30.8 Å². The van der Waals surface area contributed by atoms with Crippen molar-refractivity contribution in [3.8, 4) is 0 Å². The molecule has 1 aromatic rings. The van der Waals surface area contributed by atoms with Gasteiger partial charge in [-0.2, -0.15) is 0 Å². The topological polar surface area (TPSA) is 195 Å². The maximum atomic E-state index is 12.8. The summed E-state index contributed by atoms with van der Waals surface area (Å²) in [5.74, 6) is -0.696. The monoisotopic (exact) mass is 772 g/mol. The van der Waals surface area contributed by atoms with E-state index in [1.807, 2.05) is 26.8 Å². The van der Waals surface area contributed by atoms with E-state index >= 15 is 0 Å². The largest absolute Gasteiger partial charge is 0.444 e. The highest BCUT2D eigenvalue weighted by molar-refractivity contribution is 5.90. The number of pyridine rings is 1. The highest BCUT2D eigenvalue weighted by atomic mass is 16.6. The third kappa shape index (κ3) is 16.8. The van der Waals surface area contributed by atoms with E-state index in [-0.39, 0.29) is 60.3 Å². The maximum absolute atomic E-state index is 12.8. The van der Waals surface area contributed by atoms with Crippen LogP contribution in [0.5, 0.6) is 0 Å². The van der Waals surface area contributed by atoms with E-state index in [4.69, 9.17) is 18.9 Å². The lowest BCUT2D eigenvalue weighted by Crippen LogP contribution is -2.41. The van der Waals surface area contributed by atoms with E-state index < -0.39 is 17.6 Å². The van der Waals surface area contributed by atoms with Crippen LogP contribution in [0.1, 0.15) is 116 Å². The van der Waals surface area contributed by atoms with E-state index in [9.17, 15) is 24.0 Å². The van der Waals surface area contributed by atoms with Crippen molar-refractivity contribution in [2.75, 3.05) is 46.1 Å². The number of amides is 5. The van der Waals surface area contributed by atoms with Gasteiger partial charge in [-0.15, -0.1) is 0 Å². The second kappa shape index (κ2) is 23.3. The van der Waals surface area contributed by atoms with Crippen LogP contribution in [-0.4, -0.2) is 105 Å². The minimum Gasteiger partial charge on any atom is -0.444 e. The third-order valence-electron chi connectivity index (χ3n) is 10.1. The molecule has 3 fully saturated rings. The summed E-state index contributed by atoms with van der Waals surface area (Å²) < 4.78 is 22.9. The Morgan fingerprint density at radius 2 is 1.45 bits per heavy atom. The molecule has 2 atom stereocenters. The van der Waals surface area contributed by atoms with Gasteiger partial charge in [-0.1, -0.05) is 6.07 Å². The predicted molar refractivity (Wildman–Crippen MR) is 205 cm³/mol. The Kier molecular flexibility index (Phi) is 18.6. The molecule has 2 aliphatic carbocycles. The summed E-state index contributed by atoms with van der Waals surface area (Å²) in [7, 11) is 0. The summed E-state index contributed by atoms with van der Waals surface area (Å²) in [5.41, 5.74) is 0.304. The Hall–Kier alpha value is -3.82. The van der Waals surface area contributed by atoms with Crippen LogP contribution in [0, 0.1) is 11.8 Å². The van der Waals surface area contributed by atoms with E-state index in [1.165, 1.54) is 0 Å². The standard InChI is InChI=1S/C40H64N6O9/c1-40(2,3)55-39(51)44-20-7-23-52-22-6-19-42-37(49)28-10-12-30(13-11-28)45-34(47)9-5-24-53-31-14-16-32(17-15-31)54-25-21-43-38(50)33-26-35(48)46-36(33)29-8-4-18-41-27-29/h4,8,18,27-28,30-33,36H,5-7,9-17,19-26H2,1-3H3,(H,42,49)(H,43,50)(H,44,51)(H,45,47)(H,46,48)/t28?,30?,31?,32?,33-,36?/m0/s1. The van der Waals surface area contributed by atoms with Crippen LogP contribution < -0.4 is 26.6 Å². The first kappa shape index (κ1) is 43.9. The van der Waals surface area contributed by atoms with Crippen LogP contribution >= 0.6 is 0 Å². The van der Waals surface area contributed by atoms with Gasteiger partial charge >= 0.3 is 6.09 Å². The van der Waals surface area contributed by atoms with Crippen LogP contribution in [0.15, 0.2) is 24.5 Å². The van der Waals surface area contributed by atoms with Crippen molar-refractivity contribution in [2.45, 2.75) is 134 Å². The zero-order valence-electron chi connectivity index (χ0n) is 33.0. The van der Waals surface area contributed by atoms with Gasteiger partial charge in [-0.05, 0) is 103 Å². The Bertz CT molecular complexity index is 1340. The molecule has 1 saturated heterocycles. The summed E-state index contributed by atoms with van der Waals surface area (Å²) in [4.78, 5) is 65.8. The molecule has 0 bridgehead atoms. The molecule has 2 saturated carbocycles. The normalized spacial score (nSPS) is 24.0. The molecular formula is C40H64N6O9. The Balaban J connectivity index is 0.937. The lowest BCUT2D eigenvalue weighted by Gasteiger charge is -2.29. The number of rotatable bonds is 21. The number of carbonyl (C=O) groups is 5. The quantitative estimate of drug-likeness (QED) is 0.115. The minimum absolute atomic E-state index is 0.0263. The fourth-order valence-electron chi connectivity index (χ4n) is 7.26. The van der Waals surface area contributed by atoms with Gasteiger partial charge in [0.25, 0.3) is 0 Å². The van der Waals surface area contributed by atoms with Gasteiger partial charge in [0.2, 0.25) is 23.6 Å². The SMILES string of the molecule is CC(C)(C)OC(=O)NCCCOCCCNC(=O)C1CCC(NC(=O)CCCOC2CCC(OCCNC(=O)[C@H]3CC(=O)NC3c3cccnc3)CC2)CC1. The average Bonchev–Trinajstić information content (AvgIpc) is 3.56. The van der Waals surface area contributed by atoms with Gasteiger partial charge in [0, 0.05) is 76.6 Å². The smallest absolute Gasteiger partial charge is 0.407 e. The summed E-state index contributed by atoms with van der Waals surface area (Å²) in [6.45, 7) is 8.91. The van der Waals surface area contributed by atoms with Crippen LogP contribution in [0.3, 0.4) is 0 Å². The van der Waals surface area contributed by atoms with Crippen molar-refractivity contribution in [3.63, 3.8) is 0 Å². The summed E-state index contributed by atoms with van der Waals surface area (Å²) in [6.07, 6.45) is 12.5. The van der Waals surface area contributed by atoms with E-state index in [0.717, 1.165) is 63.4 Å². The van der Waals surface area contributed by atoms with Crippen molar-refractivity contribution in [1.29, 1.82) is 0 Å². The number of alkyl carbamates (subject to hydrolysis) is 1. The van der Waals surface area contributed by atoms with Crippen molar-refractivity contribution < 1.29 is 42.9 Å². The molecule has 1 aliphatic heterocycles. The maximum Gasteiger partial charge on any atom is 0.407 e. The number of hydrogen-bond donors (Lipinski definition) is 5. The zero-order valence-corrected chi connectivity index (χ0v) is 33.0. The molecule has 2 heterocycles. The van der Waals surface area contributed by atoms with Crippen LogP contribution in [0.4, 0.5) is 4.79 Å². The lowest BCUT2D eigenvalue weighted by atomic mass is 9.85. The Labute approximate surface area is 325 Å². The second-order valence-corrected chi connectivity index (χ2v) is 15.8. The average molecular weight is 773 g/mol. The molecule has 5 N–H and O–H groups in total. The first-order chi connectivity index (χ1) is 26.5.